The molecule has 0 amide bonds. The molecule has 1 aliphatic rings. The molecule has 0 radical (unpaired) electrons. The zero-order valence-corrected chi connectivity index (χ0v) is 14.6. The van der Waals surface area contributed by atoms with E-state index in [9.17, 15) is 87.4 Å². The Balaban J connectivity index is 3.78. The second-order valence-electron chi connectivity index (χ2n) is 5.57. The summed E-state index contributed by atoms with van der Waals surface area (Å²) >= 11 is 0. The fourth-order valence-electron chi connectivity index (χ4n) is 1.74. The summed E-state index contributed by atoms with van der Waals surface area (Å²) in [6, 6.07) is -7.03. The van der Waals surface area contributed by atoms with Crippen LogP contribution in [0.4, 0.5) is 79.0 Å². The van der Waals surface area contributed by atoms with E-state index in [2.05, 4.69) is 4.18 Å². The summed E-state index contributed by atoms with van der Waals surface area (Å²) < 4.78 is 257. The summed E-state index contributed by atoms with van der Waals surface area (Å²) in [5.74, 6) is -15.7. The summed E-state index contributed by atoms with van der Waals surface area (Å²) in [5.41, 5.74) is 0. The molecule has 0 aromatic heterocycles. The van der Waals surface area contributed by atoms with Gasteiger partial charge >= 0.3 is 63.7 Å². The third-order valence-corrected chi connectivity index (χ3v) is 5.01. The van der Waals surface area contributed by atoms with E-state index in [0.29, 0.717) is 0 Å². The SMILES string of the molecule is O=S1(=O)OC(F)(OC(F)(F)C(F)(F)C(F)(F)F)C1(OC(F)(F)C(F)(F)C(F)(F)F)C(F)(F)F. The minimum atomic E-state index is -7.89. The van der Waals surface area contributed by atoms with Crippen LogP contribution in [0.5, 0.6) is 0 Å². The molecule has 5 nitrogen and oxygen atoms in total. The summed E-state index contributed by atoms with van der Waals surface area (Å²) in [7, 11) is -7.63. The molecule has 0 aliphatic carbocycles. The molecule has 33 heavy (non-hydrogen) atoms. The number of hydrogen-bond acceptors (Lipinski definition) is 5. The Labute approximate surface area is 166 Å². The molecule has 0 aromatic carbocycles. The Bertz CT molecular complexity index is 869. The number of halogens is 18. The maximum Gasteiger partial charge on any atom is 0.462 e. The Kier molecular flexibility index (Phi) is 6.33. The Hall–Kier alpha value is -1.43. The largest absolute Gasteiger partial charge is 0.462 e. The van der Waals surface area contributed by atoms with Crippen LogP contribution in [0.1, 0.15) is 0 Å². The maximum absolute atomic E-state index is 14.1. The van der Waals surface area contributed by atoms with Gasteiger partial charge < -0.3 is 0 Å². The molecule has 0 saturated carbocycles. The van der Waals surface area contributed by atoms with E-state index in [0.717, 1.165) is 0 Å². The first kappa shape index (κ1) is 29.6. The first-order valence-electron chi connectivity index (χ1n) is 6.63. The van der Waals surface area contributed by atoms with E-state index < -0.39 is 63.7 Å². The van der Waals surface area contributed by atoms with Crippen molar-refractivity contribution in [3.8, 4) is 0 Å². The quantitative estimate of drug-likeness (QED) is 0.343. The van der Waals surface area contributed by atoms with Crippen molar-refractivity contribution in [3.05, 3.63) is 0 Å². The zero-order valence-electron chi connectivity index (χ0n) is 13.8. The third kappa shape index (κ3) is 3.94. The lowest BCUT2D eigenvalue weighted by atomic mass is 10.2. The molecule has 1 heterocycles. The second-order valence-corrected chi connectivity index (χ2v) is 7.22. The predicted octanol–water partition coefficient (Wildman–Crippen LogP) is 4.84. The van der Waals surface area contributed by atoms with Gasteiger partial charge in [-0.1, -0.05) is 0 Å². The van der Waals surface area contributed by atoms with Crippen LogP contribution in [-0.4, -0.2) is 62.0 Å². The standard InChI is InChI=1S/C9F18O5S/c10-1(11,4(14,15)16)7(23,24)30-3(6(20,21)22)9(27,32-33(3,28)29)31-8(25,26)2(12,13)5(17,18)19. The average Bonchev–Trinajstić information content (AvgIpc) is 2.47. The van der Waals surface area contributed by atoms with Gasteiger partial charge in [-0.2, -0.15) is 91.6 Å². The predicted molar refractivity (Wildman–Crippen MR) is 56.7 cm³/mol. The lowest BCUT2D eigenvalue weighted by molar-refractivity contribution is -0.548. The Morgan fingerprint density at radius 2 is 0.879 bits per heavy atom. The minimum absolute atomic E-state index is 1.69. The fraction of sp³-hybridized carbons (Fsp3) is 1.00. The van der Waals surface area contributed by atoms with E-state index in [1.165, 1.54) is 0 Å². The van der Waals surface area contributed by atoms with Gasteiger partial charge in [0.25, 0.3) is 0 Å². The third-order valence-electron chi connectivity index (χ3n) is 3.31. The van der Waals surface area contributed by atoms with Gasteiger partial charge in [-0.3, -0.25) is 4.74 Å². The smallest absolute Gasteiger partial charge is 0.274 e. The molecule has 198 valence electrons. The zero-order chi connectivity index (χ0) is 27.1. The van der Waals surface area contributed by atoms with Crippen LogP contribution in [-0.2, 0) is 23.8 Å². The van der Waals surface area contributed by atoms with Crippen molar-refractivity contribution >= 4 is 10.1 Å². The molecule has 1 aliphatic heterocycles. The first-order valence-corrected chi connectivity index (χ1v) is 8.03. The highest BCUT2D eigenvalue weighted by Gasteiger charge is 2.96. The lowest BCUT2D eigenvalue weighted by Crippen LogP contribution is -2.81. The summed E-state index contributed by atoms with van der Waals surface area (Å²) in [4.78, 5) is -7.28. The monoisotopic (exact) mass is 562 g/mol. The van der Waals surface area contributed by atoms with Crippen molar-refractivity contribution in [2.24, 2.45) is 0 Å². The van der Waals surface area contributed by atoms with Crippen LogP contribution in [0.3, 0.4) is 0 Å². The van der Waals surface area contributed by atoms with Gasteiger partial charge in [0.1, 0.15) is 0 Å². The fourth-order valence-corrected chi connectivity index (χ4v) is 3.04. The van der Waals surface area contributed by atoms with Crippen molar-refractivity contribution in [2.75, 3.05) is 0 Å². The molecule has 24 heteroatoms. The van der Waals surface area contributed by atoms with Crippen molar-refractivity contribution in [2.45, 2.75) is 53.6 Å². The minimum Gasteiger partial charge on any atom is -0.274 e. The van der Waals surface area contributed by atoms with Gasteiger partial charge in [-0.25, -0.2) is 4.74 Å². The number of alkyl halides is 18. The van der Waals surface area contributed by atoms with Crippen LogP contribution >= 0.6 is 0 Å². The van der Waals surface area contributed by atoms with Crippen LogP contribution in [0.2, 0.25) is 0 Å². The van der Waals surface area contributed by atoms with E-state index in [-0.39, 0.29) is 0 Å². The van der Waals surface area contributed by atoms with Gasteiger partial charge in [-0.05, 0) is 0 Å². The molecule has 1 saturated heterocycles. The van der Waals surface area contributed by atoms with E-state index in [1.54, 1.807) is 9.47 Å². The summed E-state index contributed by atoms with van der Waals surface area (Å²) in [6.07, 6.45) is -38.5. The molecule has 0 spiro atoms. The maximum atomic E-state index is 14.1. The molecular formula is C9F18O5S. The van der Waals surface area contributed by atoms with E-state index in [1.807, 2.05) is 0 Å². The van der Waals surface area contributed by atoms with Crippen molar-refractivity contribution < 1.29 is 101 Å². The summed E-state index contributed by atoms with van der Waals surface area (Å²) in [6.45, 7) is 0. The average molecular weight is 562 g/mol. The van der Waals surface area contributed by atoms with Crippen LogP contribution < -0.4 is 0 Å². The molecular weight excluding hydrogens is 562 g/mol. The Morgan fingerprint density at radius 3 is 1.12 bits per heavy atom. The van der Waals surface area contributed by atoms with Crippen LogP contribution in [0.25, 0.3) is 0 Å². The van der Waals surface area contributed by atoms with E-state index in [4.69, 9.17) is 0 Å². The Morgan fingerprint density at radius 1 is 0.576 bits per heavy atom. The van der Waals surface area contributed by atoms with Gasteiger partial charge in [-0.15, -0.1) is 0 Å². The second kappa shape index (κ2) is 7.05. The van der Waals surface area contributed by atoms with E-state index >= 15 is 0 Å². The molecule has 0 bridgehead atoms. The number of rotatable bonds is 6. The van der Waals surface area contributed by atoms with Gasteiger partial charge in [0.15, 0.2) is 0 Å². The number of hydrogen-bond donors (Lipinski definition) is 0. The van der Waals surface area contributed by atoms with Gasteiger partial charge in [0, 0.05) is 0 Å². The molecule has 1 rings (SSSR count). The molecule has 0 N–H and O–H groups in total. The van der Waals surface area contributed by atoms with Gasteiger partial charge in [0.2, 0.25) is 0 Å². The summed E-state index contributed by atoms with van der Waals surface area (Å²) in [5, 5.41) is 0. The molecule has 1 fully saturated rings. The molecule has 0 aromatic rings. The lowest BCUT2D eigenvalue weighted by Gasteiger charge is -2.51. The van der Waals surface area contributed by atoms with Crippen LogP contribution in [0.15, 0.2) is 0 Å². The molecule has 2 unspecified atom stereocenters. The van der Waals surface area contributed by atoms with Gasteiger partial charge in [0.05, 0.1) is 0 Å². The topological polar surface area (TPSA) is 61.8 Å². The van der Waals surface area contributed by atoms with Crippen molar-refractivity contribution in [1.82, 2.24) is 0 Å². The molecule has 2 atom stereocenters. The first-order chi connectivity index (χ1) is 13.9. The van der Waals surface area contributed by atoms with Crippen molar-refractivity contribution in [1.29, 1.82) is 0 Å². The van der Waals surface area contributed by atoms with Crippen LogP contribution in [0, 0.1) is 0 Å². The highest BCUT2D eigenvalue weighted by atomic mass is 32.2. The highest BCUT2D eigenvalue weighted by molar-refractivity contribution is 7.89. The normalized spacial score (nSPS) is 27.9. The number of ether oxygens (including phenoxy) is 2. The van der Waals surface area contributed by atoms with Crippen molar-refractivity contribution in [3.63, 3.8) is 0 Å². The highest BCUT2D eigenvalue weighted by Crippen LogP contribution is 2.64.